The normalized spacial score (nSPS) is 9.23. The number of rotatable bonds is 4. The molecule has 0 fully saturated rings. The fraction of sp³-hybridized carbons (Fsp3) is 0.182. The molecule has 0 spiro atoms. The van der Waals surface area contributed by atoms with Gasteiger partial charge in [0.15, 0.2) is 0 Å². The summed E-state index contributed by atoms with van der Waals surface area (Å²) in [6.07, 6.45) is 2.75. The molecule has 0 amide bonds. The molecule has 0 unspecified atom stereocenters. The molecule has 13 heavy (non-hydrogen) atoms. The summed E-state index contributed by atoms with van der Waals surface area (Å²) in [7, 11) is 0. The number of benzene rings is 1. The number of hydrogen-bond acceptors (Lipinski definition) is 2. The maximum Gasteiger partial charge on any atom is 0.311 e. The Morgan fingerprint density at radius 1 is 1.38 bits per heavy atom. The topological polar surface area (TPSA) is 26.3 Å². The highest BCUT2D eigenvalue weighted by Gasteiger charge is 2.01. The second-order valence-electron chi connectivity index (χ2n) is 2.61. The molecular weight excluding hydrogens is 164 g/mol. The van der Waals surface area contributed by atoms with Crippen molar-refractivity contribution < 1.29 is 9.53 Å². The van der Waals surface area contributed by atoms with Crippen LogP contribution in [0.15, 0.2) is 43.0 Å². The average Bonchev–Trinajstić information content (AvgIpc) is 2.16. The van der Waals surface area contributed by atoms with Crippen LogP contribution < -0.4 is 4.74 Å². The maximum atomic E-state index is 11.1. The zero-order valence-corrected chi connectivity index (χ0v) is 7.40. The Morgan fingerprint density at radius 2 is 2.08 bits per heavy atom. The Kier molecular flexibility index (Phi) is 3.76. The minimum Gasteiger partial charge on any atom is -0.427 e. The molecule has 1 aromatic carbocycles. The first-order chi connectivity index (χ1) is 6.33. The third kappa shape index (κ3) is 3.56. The lowest BCUT2D eigenvalue weighted by atomic mass is 10.3. The molecule has 0 aliphatic heterocycles. The number of para-hydroxylation sites is 1. The number of ether oxygens (including phenoxy) is 1. The van der Waals surface area contributed by atoms with Crippen LogP contribution >= 0.6 is 0 Å². The number of allylic oxidation sites excluding steroid dienone is 1. The van der Waals surface area contributed by atoms with Gasteiger partial charge >= 0.3 is 5.97 Å². The Bertz CT molecular complexity index is 277. The van der Waals surface area contributed by atoms with E-state index in [1.807, 2.05) is 18.2 Å². The molecule has 0 atom stereocenters. The average molecular weight is 176 g/mol. The molecule has 68 valence electrons. The van der Waals surface area contributed by atoms with Crippen LogP contribution in [0.3, 0.4) is 0 Å². The van der Waals surface area contributed by atoms with Crippen molar-refractivity contribution in [3.8, 4) is 5.75 Å². The van der Waals surface area contributed by atoms with Crippen LogP contribution in [0, 0.1) is 0 Å². The highest BCUT2D eigenvalue weighted by molar-refractivity contribution is 5.72. The van der Waals surface area contributed by atoms with Gasteiger partial charge in [0.1, 0.15) is 5.75 Å². The Hall–Kier alpha value is -1.57. The molecular formula is C11H12O2. The van der Waals surface area contributed by atoms with Gasteiger partial charge in [-0.05, 0) is 18.6 Å². The lowest BCUT2D eigenvalue weighted by molar-refractivity contribution is -0.134. The second kappa shape index (κ2) is 5.14. The largest absolute Gasteiger partial charge is 0.427 e. The van der Waals surface area contributed by atoms with Gasteiger partial charge in [-0.2, -0.15) is 0 Å². The van der Waals surface area contributed by atoms with Crippen LogP contribution in [0.25, 0.3) is 0 Å². The first-order valence-corrected chi connectivity index (χ1v) is 4.19. The van der Waals surface area contributed by atoms with E-state index in [1.165, 1.54) is 0 Å². The zero-order valence-electron chi connectivity index (χ0n) is 7.40. The van der Waals surface area contributed by atoms with Crippen LogP contribution in [0.1, 0.15) is 12.8 Å². The van der Waals surface area contributed by atoms with Crippen molar-refractivity contribution in [1.82, 2.24) is 0 Å². The zero-order chi connectivity index (χ0) is 9.52. The molecule has 0 radical (unpaired) electrons. The van der Waals surface area contributed by atoms with Crippen molar-refractivity contribution in [2.45, 2.75) is 12.8 Å². The lowest BCUT2D eigenvalue weighted by Crippen LogP contribution is -2.06. The number of carbonyl (C=O) groups excluding carboxylic acids is 1. The first kappa shape index (κ1) is 9.52. The van der Waals surface area contributed by atoms with E-state index >= 15 is 0 Å². The van der Waals surface area contributed by atoms with Gasteiger partial charge in [0.05, 0.1) is 0 Å². The van der Waals surface area contributed by atoms with E-state index < -0.39 is 0 Å². The fourth-order valence-electron chi connectivity index (χ4n) is 0.891. The quantitative estimate of drug-likeness (QED) is 0.400. The number of carbonyl (C=O) groups is 1. The van der Waals surface area contributed by atoms with Gasteiger partial charge in [0, 0.05) is 6.42 Å². The van der Waals surface area contributed by atoms with E-state index in [2.05, 4.69) is 6.58 Å². The smallest absolute Gasteiger partial charge is 0.311 e. The van der Waals surface area contributed by atoms with Crippen molar-refractivity contribution in [3.05, 3.63) is 43.0 Å². The maximum absolute atomic E-state index is 11.1. The Morgan fingerprint density at radius 3 is 2.69 bits per heavy atom. The van der Waals surface area contributed by atoms with Crippen molar-refractivity contribution in [2.24, 2.45) is 0 Å². The molecule has 0 aliphatic carbocycles. The van der Waals surface area contributed by atoms with Gasteiger partial charge in [-0.3, -0.25) is 4.79 Å². The molecule has 0 saturated carbocycles. The van der Waals surface area contributed by atoms with Crippen LogP contribution in [0.4, 0.5) is 0 Å². The molecule has 1 aromatic rings. The standard InChI is InChI=1S/C11H12O2/c1-2-3-9-11(12)13-10-7-5-4-6-8-10/h2,4-8H,1,3,9H2. The minimum atomic E-state index is -0.217. The van der Waals surface area contributed by atoms with E-state index in [1.54, 1.807) is 18.2 Å². The van der Waals surface area contributed by atoms with E-state index in [-0.39, 0.29) is 5.97 Å². The third-order valence-electron chi connectivity index (χ3n) is 1.53. The monoisotopic (exact) mass is 176 g/mol. The van der Waals surface area contributed by atoms with Gasteiger partial charge < -0.3 is 4.74 Å². The molecule has 2 nitrogen and oxygen atoms in total. The van der Waals surface area contributed by atoms with E-state index in [4.69, 9.17) is 4.74 Å². The van der Waals surface area contributed by atoms with Crippen LogP contribution in [0.2, 0.25) is 0 Å². The van der Waals surface area contributed by atoms with Gasteiger partial charge in [-0.25, -0.2) is 0 Å². The van der Waals surface area contributed by atoms with Crippen molar-refractivity contribution in [1.29, 1.82) is 0 Å². The predicted octanol–water partition coefficient (Wildman–Crippen LogP) is 2.56. The number of hydrogen-bond donors (Lipinski definition) is 0. The van der Waals surface area contributed by atoms with E-state index in [0.717, 1.165) is 0 Å². The summed E-state index contributed by atoms with van der Waals surface area (Å²) in [6, 6.07) is 9.05. The van der Waals surface area contributed by atoms with Gasteiger partial charge in [0.25, 0.3) is 0 Å². The van der Waals surface area contributed by atoms with Crippen LogP contribution in [-0.4, -0.2) is 5.97 Å². The third-order valence-corrected chi connectivity index (χ3v) is 1.53. The molecule has 0 bridgehead atoms. The summed E-state index contributed by atoms with van der Waals surface area (Å²) in [5.41, 5.74) is 0. The predicted molar refractivity (Wildman–Crippen MR) is 51.5 cm³/mol. The molecule has 0 aliphatic rings. The van der Waals surface area contributed by atoms with Crippen LogP contribution in [0.5, 0.6) is 5.75 Å². The summed E-state index contributed by atoms with van der Waals surface area (Å²) < 4.78 is 5.03. The lowest BCUT2D eigenvalue weighted by Gasteiger charge is -2.01. The first-order valence-electron chi connectivity index (χ1n) is 4.19. The Balaban J connectivity index is 2.41. The van der Waals surface area contributed by atoms with Gasteiger partial charge in [-0.15, -0.1) is 6.58 Å². The second-order valence-corrected chi connectivity index (χ2v) is 2.61. The molecule has 1 rings (SSSR count). The van der Waals surface area contributed by atoms with Gasteiger partial charge in [0.2, 0.25) is 0 Å². The van der Waals surface area contributed by atoms with Crippen LogP contribution in [-0.2, 0) is 4.79 Å². The van der Waals surface area contributed by atoms with Crippen molar-refractivity contribution >= 4 is 5.97 Å². The molecule has 2 heteroatoms. The van der Waals surface area contributed by atoms with E-state index in [0.29, 0.717) is 18.6 Å². The summed E-state index contributed by atoms with van der Waals surface area (Å²) in [6.45, 7) is 3.53. The van der Waals surface area contributed by atoms with Gasteiger partial charge in [-0.1, -0.05) is 24.3 Å². The molecule has 0 heterocycles. The summed E-state index contributed by atoms with van der Waals surface area (Å²) in [5.74, 6) is 0.377. The fourth-order valence-corrected chi connectivity index (χ4v) is 0.891. The molecule has 0 N–H and O–H groups in total. The minimum absolute atomic E-state index is 0.217. The SMILES string of the molecule is C=CCCC(=O)Oc1ccccc1. The van der Waals surface area contributed by atoms with E-state index in [9.17, 15) is 4.79 Å². The van der Waals surface area contributed by atoms with Crippen molar-refractivity contribution in [3.63, 3.8) is 0 Å². The Labute approximate surface area is 77.8 Å². The van der Waals surface area contributed by atoms with Crippen molar-refractivity contribution in [2.75, 3.05) is 0 Å². The summed E-state index contributed by atoms with van der Waals surface area (Å²) >= 11 is 0. The highest BCUT2D eigenvalue weighted by atomic mass is 16.5. The molecule has 0 aromatic heterocycles. The summed E-state index contributed by atoms with van der Waals surface area (Å²) in [4.78, 5) is 11.1. The molecule has 0 saturated heterocycles. The number of esters is 1. The summed E-state index contributed by atoms with van der Waals surface area (Å²) in [5, 5.41) is 0. The highest BCUT2D eigenvalue weighted by Crippen LogP contribution is 2.09.